The van der Waals surface area contributed by atoms with E-state index in [1.54, 1.807) is 6.33 Å². The summed E-state index contributed by atoms with van der Waals surface area (Å²) in [5.74, 6) is 1.39. The molecule has 2 aromatic rings. The third-order valence-electron chi connectivity index (χ3n) is 4.31. The number of hydrogen-bond acceptors (Lipinski definition) is 5. The van der Waals surface area contributed by atoms with E-state index in [4.69, 9.17) is 5.73 Å². The lowest BCUT2D eigenvalue weighted by atomic mass is 9.95. The predicted octanol–water partition coefficient (Wildman–Crippen LogP) is 4.16. The Labute approximate surface area is 137 Å². The van der Waals surface area contributed by atoms with Crippen LogP contribution < -0.4 is 16.4 Å². The van der Waals surface area contributed by atoms with Crippen molar-refractivity contribution in [2.75, 3.05) is 16.4 Å². The van der Waals surface area contributed by atoms with Crippen molar-refractivity contribution in [3.8, 4) is 0 Å². The molecule has 0 aliphatic heterocycles. The van der Waals surface area contributed by atoms with Crippen molar-refractivity contribution in [2.24, 2.45) is 0 Å². The quantitative estimate of drug-likeness (QED) is 0.790. The molecule has 0 unspecified atom stereocenters. The number of aromatic nitrogens is 2. The predicted molar refractivity (Wildman–Crippen MR) is 96.1 cm³/mol. The minimum Gasteiger partial charge on any atom is -0.393 e. The maximum Gasteiger partial charge on any atom is 0.159 e. The molecule has 122 valence electrons. The van der Waals surface area contributed by atoms with Crippen LogP contribution in [0, 0.1) is 13.8 Å². The summed E-state index contributed by atoms with van der Waals surface area (Å²) in [6, 6.07) is 6.78. The van der Waals surface area contributed by atoms with Gasteiger partial charge in [0.1, 0.15) is 12.0 Å². The van der Waals surface area contributed by atoms with Crippen molar-refractivity contribution in [3.63, 3.8) is 0 Å². The molecule has 5 heteroatoms. The minimum atomic E-state index is 0.468. The van der Waals surface area contributed by atoms with Crippen molar-refractivity contribution >= 4 is 23.0 Å². The number of nitrogens with zero attached hydrogens (tertiary/aromatic N) is 2. The molecular formula is C18H25N5. The molecule has 5 nitrogen and oxygen atoms in total. The number of benzene rings is 1. The van der Waals surface area contributed by atoms with Crippen LogP contribution in [0.1, 0.15) is 43.2 Å². The summed E-state index contributed by atoms with van der Waals surface area (Å²) in [5, 5.41) is 6.80. The first-order chi connectivity index (χ1) is 11.1. The standard InChI is InChI=1S/C18H25N5/c1-12-8-13(2)10-15(9-12)23-18-16(19)17(20-11-21-18)22-14-6-4-3-5-7-14/h8-11,14H,3-7,19H2,1-2H3,(H2,20,21,22,23). The van der Waals surface area contributed by atoms with E-state index in [9.17, 15) is 0 Å². The van der Waals surface area contributed by atoms with Crippen molar-refractivity contribution < 1.29 is 0 Å². The zero-order valence-electron chi connectivity index (χ0n) is 13.9. The van der Waals surface area contributed by atoms with Gasteiger partial charge >= 0.3 is 0 Å². The van der Waals surface area contributed by atoms with E-state index < -0.39 is 0 Å². The van der Waals surface area contributed by atoms with E-state index in [1.807, 2.05) is 0 Å². The molecule has 4 N–H and O–H groups in total. The molecular weight excluding hydrogens is 286 g/mol. The second-order valence-electron chi connectivity index (χ2n) is 6.47. The average molecular weight is 311 g/mol. The third kappa shape index (κ3) is 3.92. The number of anilines is 4. The fourth-order valence-electron chi connectivity index (χ4n) is 3.23. The SMILES string of the molecule is Cc1cc(C)cc(Nc2ncnc(NC3CCCCC3)c2N)c1. The van der Waals surface area contributed by atoms with Gasteiger partial charge in [-0.1, -0.05) is 25.3 Å². The number of nitrogens with one attached hydrogen (secondary N) is 2. The monoisotopic (exact) mass is 311 g/mol. The summed E-state index contributed by atoms with van der Waals surface area (Å²) in [6.07, 6.45) is 7.81. The van der Waals surface area contributed by atoms with Gasteiger partial charge in [-0.05, 0) is 49.9 Å². The van der Waals surface area contributed by atoms with Crippen LogP contribution in [-0.2, 0) is 0 Å². The van der Waals surface area contributed by atoms with Gasteiger partial charge in [-0.25, -0.2) is 9.97 Å². The minimum absolute atomic E-state index is 0.468. The Morgan fingerprint density at radius 2 is 1.61 bits per heavy atom. The van der Waals surface area contributed by atoms with Crippen LogP contribution in [0.3, 0.4) is 0 Å². The van der Waals surface area contributed by atoms with Gasteiger partial charge in [-0.3, -0.25) is 0 Å². The Morgan fingerprint density at radius 3 is 2.30 bits per heavy atom. The van der Waals surface area contributed by atoms with Crippen LogP contribution in [-0.4, -0.2) is 16.0 Å². The molecule has 1 aromatic carbocycles. The molecule has 23 heavy (non-hydrogen) atoms. The number of hydrogen-bond donors (Lipinski definition) is 3. The Kier molecular flexibility index (Phi) is 4.65. The zero-order valence-corrected chi connectivity index (χ0v) is 13.9. The van der Waals surface area contributed by atoms with Crippen LogP contribution in [0.4, 0.5) is 23.0 Å². The summed E-state index contributed by atoms with van der Waals surface area (Å²) in [4.78, 5) is 8.62. The van der Waals surface area contributed by atoms with E-state index in [2.05, 4.69) is 52.6 Å². The Morgan fingerprint density at radius 1 is 0.957 bits per heavy atom. The van der Waals surface area contributed by atoms with E-state index in [1.165, 1.54) is 43.2 Å². The first-order valence-electron chi connectivity index (χ1n) is 8.34. The normalized spacial score (nSPS) is 15.4. The summed E-state index contributed by atoms with van der Waals surface area (Å²) in [5.41, 5.74) is 10.3. The van der Waals surface area contributed by atoms with Crippen LogP contribution in [0.15, 0.2) is 24.5 Å². The molecule has 0 amide bonds. The maximum atomic E-state index is 6.27. The first kappa shape index (κ1) is 15.6. The van der Waals surface area contributed by atoms with Gasteiger partial charge < -0.3 is 16.4 Å². The van der Waals surface area contributed by atoms with Gasteiger partial charge in [0, 0.05) is 11.7 Å². The molecule has 0 spiro atoms. The Balaban J connectivity index is 1.78. The largest absolute Gasteiger partial charge is 0.393 e. The van der Waals surface area contributed by atoms with Crippen LogP contribution in [0.25, 0.3) is 0 Å². The Bertz CT molecular complexity index is 657. The van der Waals surface area contributed by atoms with Crippen molar-refractivity contribution in [2.45, 2.75) is 52.0 Å². The number of rotatable bonds is 4. The fraction of sp³-hybridized carbons (Fsp3) is 0.444. The van der Waals surface area contributed by atoms with E-state index in [0.29, 0.717) is 17.5 Å². The highest BCUT2D eigenvalue weighted by molar-refractivity contribution is 5.77. The topological polar surface area (TPSA) is 75.9 Å². The summed E-state index contributed by atoms with van der Waals surface area (Å²) >= 11 is 0. The van der Waals surface area contributed by atoms with Gasteiger partial charge in [-0.15, -0.1) is 0 Å². The molecule has 1 aliphatic carbocycles. The van der Waals surface area contributed by atoms with E-state index >= 15 is 0 Å². The second kappa shape index (κ2) is 6.86. The van der Waals surface area contributed by atoms with Gasteiger partial charge in [0.2, 0.25) is 0 Å². The molecule has 0 saturated heterocycles. The summed E-state index contributed by atoms with van der Waals surface area (Å²) in [6.45, 7) is 4.16. The molecule has 1 aromatic heterocycles. The average Bonchev–Trinajstić information content (AvgIpc) is 2.51. The highest BCUT2D eigenvalue weighted by atomic mass is 15.1. The van der Waals surface area contributed by atoms with Crippen LogP contribution in [0.2, 0.25) is 0 Å². The molecule has 1 aliphatic rings. The number of nitrogen functional groups attached to an aromatic ring is 1. The number of nitrogens with two attached hydrogens (primary N) is 1. The molecule has 0 bridgehead atoms. The van der Waals surface area contributed by atoms with Crippen molar-refractivity contribution in [1.82, 2.24) is 9.97 Å². The van der Waals surface area contributed by atoms with Crippen molar-refractivity contribution in [3.05, 3.63) is 35.7 Å². The molecule has 0 atom stereocenters. The zero-order chi connectivity index (χ0) is 16.2. The van der Waals surface area contributed by atoms with E-state index in [-0.39, 0.29) is 0 Å². The van der Waals surface area contributed by atoms with Crippen LogP contribution in [0.5, 0.6) is 0 Å². The van der Waals surface area contributed by atoms with Gasteiger partial charge in [-0.2, -0.15) is 0 Å². The molecule has 0 radical (unpaired) electrons. The second-order valence-corrected chi connectivity index (χ2v) is 6.47. The summed E-state index contributed by atoms with van der Waals surface area (Å²) < 4.78 is 0. The van der Waals surface area contributed by atoms with E-state index in [0.717, 1.165) is 11.5 Å². The third-order valence-corrected chi connectivity index (χ3v) is 4.31. The lowest BCUT2D eigenvalue weighted by Gasteiger charge is -2.24. The van der Waals surface area contributed by atoms with Gasteiger partial charge in [0.05, 0.1) is 0 Å². The highest BCUT2D eigenvalue weighted by Gasteiger charge is 2.16. The van der Waals surface area contributed by atoms with Gasteiger partial charge in [0.15, 0.2) is 11.6 Å². The summed E-state index contributed by atoms with van der Waals surface area (Å²) in [7, 11) is 0. The highest BCUT2D eigenvalue weighted by Crippen LogP contribution is 2.29. The molecule has 1 saturated carbocycles. The number of aryl methyl sites for hydroxylation is 2. The smallest absolute Gasteiger partial charge is 0.159 e. The van der Waals surface area contributed by atoms with Gasteiger partial charge in [0.25, 0.3) is 0 Å². The lowest BCUT2D eigenvalue weighted by molar-refractivity contribution is 0.462. The van der Waals surface area contributed by atoms with Crippen LogP contribution >= 0.6 is 0 Å². The van der Waals surface area contributed by atoms with Crippen molar-refractivity contribution in [1.29, 1.82) is 0 Å². The maximum absolute atomic E-state index is 6.27. The first-order valence-corrected chi connectivity index (χ1v) is 8.34. The molecule has 1 heterocycles. The Hall–Kier alpha value is -2.30. The lowest BCUT2D eigenvalue weighted by Crippen LogP contribution is -2.23. The molecule has 3 rings (SSSR count). The fourth-order valence-corrected chi connectivity index (χ4v) is 3.23. The molecule has 1 fully saturated rings.